The van der Waals surface area contributed by atoms with Gasteiger partial charge in [-0.2, -0.15) is 11.8 Å². The fourth-order valence-corrected chi connectivity index (χ4v) is 2.54. The smallest absolute Gasteiger partial charge is 0.227 e. The summed E-state index contributed by atoms with van der Waals surface area (Å²) in [5, 5.41) is 24.0. The molecular formula is C23H29Cl2N7OS. The molecule has 0 radical (unpaired) electrons. The van der Waals surface area contributed by atoms with Crippen LogP contribution in [0.4, 0.5) is 11.6 Å². The number of halogens is 2. The number of para-hydroxylation sites is 1. The molecule has 0 saturated heterocycles. The molecule has 0 unspecified atom stereocenters. The first-order chi connectivity index (χ1) is 16.5. The van der Waals surface area contributed by atoms with Crippen LogP contribution >= 0.6 is 35.0 Å². The number of aryl methyl sites for hydroxylation is 1. The maximum atomic E-state index is 9.64. The zero-order chi connectivity index (χ0) is 25.3. The number of phenolic OH excluding ortho intramolecular Hbond substituents is 1. The number of aromatic hydroxyl groups is 1. The fourth-order valence-electron chi connectivity index (χ4n) is 2.24. The summed E-state index contributed by atoms with van der Waals surface area (Å²) in [6.07, 6.45) is 8.99. The van der Waals surface area contributed by atoms with Gasteiger partial charge in [-0.05, 0) is 59.7 Å². The van der Waals surface area contributed by atoms with E-state index < -0.39 is 0 Å². The van der Waals surface area contributed by atoms with Crippen molar-refractivity contribution in [3.63, 3.8) is 0 Å². The van der Waals surface area contributed by atoms with Gasteiger partial charge in [0.1, 0.15) is 12.1 Å². The van der Waals surface area contributed by atoms with Crippen molar-refractivity contribution in [2.24, 2.45) is 0 Å². The normalized spacial score (nSPS) is 9.38. The first kappa shape index (κ1) is 29.2. The van der Waals surface area contributed by atoms with Gasteiger partial charge in [-0.25, -0.2) is 14.6 Å². The maximum Gasteiger partial charge on any atom is 0.227 e. The van der Waals surface area contributed by atoms with Crippen LogP contribution in [0.25, 0.3) is 11.1 Å². The molecule has 182 valence electrons. The summed E-state index contributed by atoms with van der Waals surface area (Å²) in [5.74, 6) is 0.465. The molecule has 2 aromatic heterocycles. The minimum Gasteiger partial charge on any atom is -0.506 e. The number of rotatable bonds is 4. The number of aromatic nitrogens is 6. The second-order valence-electron chi connectivity index (χ2n) is 6.14. The fraction of sp³-hybridized carbons (Fsp3) is 0.261. The lowest BCUT2D eigenvalue weighted by molar-refractivity contribution is 0.476. The van der Waals surface area contributed by atoms with Crippen molar-refractivity contribution in [3.8, 4) is 16.9 Å². The second kappa shape index (κ2) is 16.7. The molecule has 2 aromatic carbocycles. The zero-order valence-electron chi connectivity index (χ0n) is 19.8. The number of nitrogens with zero attached hydrogens (tertiary/aromatic N) is 6. The Bertz CT molecular complexity index is 1080. The molecule has 8 nitrogen and oxygen atoms in total. The summed E-state index contributed by atoms with van der Waals surface area (Å²) >= 11 is 13.6. The van der Waals surface area contributed by atoms with Gasteiger partial charge in [0.2, 0.25) is 5.95 Å². The SMILES string of the molecule is CC.CCn1cnnn1.CSC.Oc1cc(-c2cnc(Nc3ccccc3Cl)nc2)ccc1Cl. The number of tetrazole rings is 1. The highest BCUT2D eigenvalue weighted by Crippen LogP contribution is 2.29. The van der Waals surface area contributed by atoms with Crippen molar-refractivity contribution in [2.75, 3.05) is 17.8 Å². The molecule has 0 atom stereocenters. The van der Waals surface area contributed by atoms with Crippen molar-refractivity contribution in [2.45, 2.75) is 27.3 Å². The quantitative estimate of drug-likeness (QED) is 0.309. The number of anilines is 2. The summed E-state index contributed by atoms with van der Waals surface area (Å²) in [6.45, 7) is 6.82. The van der Waals surface area contributed by atoms with E-state index >= 15 is 0 Å². The molecule has 4 aromatic rings. The van der Waals surface area contributed by atoms with Gasteiger partial charge in [0.25, 0.3) is 0 Å². The summed E-state index contributed by atoms with van der Waals surface area (Å²) < 4.78 is 1.65. The van der Waals surface area contributed by atoms with Crippen LogP contribution in [0.1, 0.15) is 20.8 Å². The Labute approximate surface area is 214 Å². The zero-order valence-corrected chi connectivity index (χ0v) is 22.1. The summed E-state index contributed by atoms with van der Waals surface area (Å²) in [4.78, 5) is 8.50. The molecule has 0 bridgehead atoms. The van der Waals surface area contributed by atoms with E-state index in [-0.39, 0.29) is 5.75 Å². The van der Waals surface area contributed by atoms with E-state index in [0.29, 0.717) is 16.0 Å². The molecule has 4 rings (SSSR count). The lowest BCUT2D eigenvalue weighted by Gasteiger charge is -2.07. The number of hydrogen-bond acceptors (Lipinski definition) is 8. The van der Waals surface area contributed by atoms with Crippen molar-refractivity contribution < 1.29 is 5.11 Å². The molecule has 0 fully saturated rings. The van der Waals surface area contributed by atoms with Crippen LogP contribution in [-0.4, -0.2) is 47.8 Å². The molecule has 0 aliphatic heterocycles. The average Bonchev–Trinajstić information content (AvgIpc) is 3.39. The van der Waals surface area contributed by atoms with E-state index in [9.17, 15) is 5.11 Å². The highest BCUT2D eigenvalue weighted by atomic mass is 35.5. The minimum absolute atomic E-state index is 0.0254. The highest BCUT2D eigenvalue weighted by Gasteiger charge is 2.05. The first-order valence-electron chi connectivity index (χ1n) is 10.4. The van der Waals surface area contributed by atoms with E-state index in [1.165, 1.54) is 0 Å². The number of benzene rings is 2. The third-order valence-electron chi connectivity index (χ3n) is 3.77. The molecule has 0 amide bonds. The summed E-state index contributed by atoms with van der Waals surface area (Å²) in [5.41, 5.74) is 2.30. The van der Waals surface area contributed by atoms with Gasteiger partial charge < -0.3 is 10.4 Å². The molecule has 0 aliphatic rings. The Kier molecular flexibility index (Phi) is 14.3. The lowest BCUT2D eigenvalue weighted by Crippen LogP contribution is -1.97. The van der Waals surface area contributed by atoms with Gasteiger partial charge in [-0.1, -0.05) is 55.2 Å². The van der Waals surface area contributed by atoms with Gasteiger partial charge in [-0.15, -0.1) is 5.10 Å². The lowest BCUT2D eigenvalue weighted by atomic mass is 10.1. The molecule has 2 heterocycles. The molecule has 11 heteroatoms. The van der Waals surface area contributed by atoms with Crippen molar-refractivity contribution in [3.05, 3.63) is 71.2 Å². The number of nitrogens with one attached hydrogen (secondary N) is 1. The molecule has 0 saturated carbocycles. The van der Waals surface area contributed by atoms with Gasteiger partial charge in [0.15, 0.2) is 0 Å². The van der Waals surface area contributed by atoms with E-state index in [1.54, 1.807) is 59.4 Å². The van der Waals surface area contributed by atoms with Crippen LogP contribution in [-0.2, 0) is 6.54 Å². The van der Waals surface area contributed by atoms with Crippen molar-refractivity contribution in [1.29, 1.82) is 0 Å². The van der Waals surface area contributed by atoms with Crippen LogP contribution in [0.15, 0.2) is 61.2 Å². The molecule has 0 aliphatic carbocycles. The summed E-state index contributed by atoms with van der Waals surface area (Å²) in [6, 6.07) is 12.3. The standard InChI is InChI=1S/C16H11Cl2N3O.C3H6N4.C2H6S.C2H6/c17-12-3-1-2-4-14(12)21-16-19-8-11(9-20-16)10-5-6-13(18)15(22)7-10;1-2-7-3-4-5-6-7;1-3-2;1-2/h1-9,22H,(H,19,20,21);3H,2H2,1H3;1-2H3;1-2H3. The van der Waals surface area contributed by atoms with Crippen molar-refractivity contribution in [1.82, 2.24) is 30.2 Å². The van der Waals surface area contributed by atoms with Crippen molar-refractivity contribution >= 4 is 46.6 Å². The largest absolute Gasteiger partial charge is 0.506 e. The third-order valence-corrected chi connectivity index (χ3v) is 4.42. The highest BCUT2D eigenvalue weighted by molar-refractivity contribution is 7.97. The van der Waals surface area contributed by atoms with Crippen LogP contribution in [0.2, 0.25) is 10.0 Å². The molecule has 2 N–H and O–H groups in total. The van der Waals surface area contributed by atoms with E-state index in [4.69, 9.17) is 23.2 Å². The Morgan fingerprint density at radius 3 is 2.12 bits per heavy atom. The van der Waals surface area contributed by atoms with Gasteiger partial charge in [0, 0.05) is 24.5 Å². The van der Waals surface area contributed by atoms with E-state index in [1.807, 2.05) is 51.5 Å². The maximum absolute atomic E-state index is 9.64. The monoisotopic (exact) mass is 521 g/mol. The Morgan fingerprint density at radius 2 is 1.62 bits per heavy atom. The molecule has 34 heavy (non-hydrogen) atoms. The Hall–Kier alpha value is -2.88. The Morgan fingerprint density at radius 1 is 0.971 bits per heavy atom. The third kappa shape index (κ3) is 9.94. The first-order valence-corrected chi connectivity index (χ1v) is 12.8. The van der Waals surface area contributed by atoms with Crippen LogP contribution in [0.5, 0.6) is 5.75 Å². The summed E-state index contributed by atoms with van der Waals surface area (Å²) in [7, 11) is 0. The van der Waals surface area contributed by atoms with Gasteiger partial charge in [-0.3, -0.25) is 0 Å². The van der Waals surface area contributed by atoms with Gasteiger partial charge in [0.05, 0.1) is 15.7 Å². The molecule has 0 spiro atoms. The second-order valence-corrected chi connectivity index (χ2v) is 7.77. The predicted octanol–water partition coefficient (Wildman–Crippen LogP) is 6.60. The Balaban J connectivity index is 0.000000400. The number of thioether (sulfide) groups is 1. The number of hydrogen-bond donors (Lipinski definition) is 2. The predicted molar refractivity (Wildman–Crippen MR) is 143 cm³/mol. The van der Waals surface area contributed by atoms with Crippen LogP contribution in [0, 0.1) is 0 Å². The van der Waals surface area contributed by atoms with Crippen LogP contribution < -0.4 is 5.32 Å². The van der Waals surface area contributed by atoms with E-state index in [0.717, 1.165) is 23.4 Å². The van der Waals surface area contributed by atoms with Crippen LogP contribution in [0.3, 0.4) is 0 Å². The van der Waals surface area contributed by atoms with E-state index in [2.05, 4.69) is 30.8 Å². The topological polar surface area (TPSA) is 102 Å². The van der Waals surface area contributed by atoms with Gasteiger partial charge >= 0.3 is 0 Å². The average molecular weight is 523 g/mol. The molecular weight excluding hydrogens is 493 g/mol. The number of phenols is 1. The minimum atomic E-state index is 0.0254.